The Morgan fingerprint density at radius 2 is 1.69 bits per heavy atom. The van der Waals surface area contributed by atoms with Crippen LogP contribution in [-0.4, -0.2) is 47.8 Å². The van der Waals surface area contributed by atoms with Crippen molar-refractivity contribution in [1.82, 2.24) is 14.8 Å². The zero-order chi connectivity index (χ0) is 25.4. The molecular formula is C25H32N4O5S. The average molecular weight is 501 g/mol. The maximum Gasteiger partial charge on any atom is 0.234 e. The van der Waals surface area contributed by atoms with Crippen LogP contribution in [0.5, 0.6) is 23.0 Å². The molecule has 2 aromatic carbocycles. The largest absolute Gasteiger partial charge is 0.497 e. The molecule has 1 unspecified atom stereocenters. The summed E-state index contributed by atoms with van der Waals surface area (Å²) in [6.45, 7) is 6.86. The van der Waals surface area contributed by atoms with Gasteiger partial charge in [-0.15, -0.1) is 10.2 Å². The molecule has 0 radical (unpaired) electrons. The SMILES string of the molecule is COc1cccc(OC(C)c2nnc(SCC(=O)Nc3cc(OC)ccc3OC)n2CC(C)C)c1. The zero-order valence-corrected chi connectivity index (χ0v) is 21.7. The molecule has 188 valence electrons. The van der Waals surface area contributed by atoms with E-state index in [-0.39, 0.29) is 17.8 Å². The van der Waals surface area contributed by atoms with Crippen LogP contribution in [0.25, 0.3) is 0 Å². The molecule has 0 aliphatic rings. The van der Waals surface area contributed by atoms with Gasteiger partial charge >= 0.3 is 0 Å². The molecule has 9 nitrogen and oxygen atoms in total. The fourth-order valence-corrected chi connectivity index (χ4v) is 4.16. The lowest BCUT2D eigenvalue weighted by atomic mass is 10.2. The number of hydrogen-bond donors (Lipinski definition) is 1. The van der Waals surface area contributed by atoms with Gasteiger partial charge < -0.3 is 28.8 Å². The summed E-state index contributed by atoms with van der Waals surface area (Å²) in [6.07, 6.45) is -0.349. The minimum Gasteiger partial charge on any atom is -0.497 e. The summed E-state index contributed by atoms with van der Waals surface area (Å²) >= 11 is 1.32. The molecule has 1 aromatic heterocycles. The second-order valence-corrected chi connectivity index (χ2v) is 9.13. The minimum absolute atomic E-state index is 0.154. The van der Waals surface area contributed by atoms with Crippen molar-refractivity contribution in [1.29, 1.82) is 0 Å². The predicted molar refractivity (Wildman–Crippen MR) is 136 cm³/mol. The first-order chi connectivity index (χ1) is 16.8. The van der Waals surface area contributed by atoms with Crippen LogP contribution in [0.2, 0.25) is 0 Å². The van der Waals surface area contributed by atoms with Crippen LogP contribution in [0, 0.1) is 5.92 Å². The Hall–Kier alpha value is -3.40. The van der Waals surface area contributed by atoms with Gasteiger partial charge in [0, 0.05) is 18.7 Å². The second kappa shape index (κ2) is 12.3. The van der Waals surface area contributed by atoms with Crippen LogP contribution in [0.1, 0.15) is 32.7 Å². The molecule has 10 heteroatoms. The van der Waals surface area contributed by atoms with E-state index in [1.807, 2.05) is 35.8 Å². The first kappa shape index (κ1) is 26.2. The predicted octanol–water partition coefficient (Wildman–Crippen LogP) is 4.83. The van der Waals surface area contributed by atoms with Crippen LogP contribution in [0.15, 0.2) is 47.6 Å². The first-order valence-electron chi connectivity index (χ1n) is 11.2. The molecular weight excluding hydrogens is 468 g/mol. The number of benzene rings is 2. The van der Waals surface area contributed by atoms with Crippen molar-refractivity contribution >= 4 is 23.4 Å². The maximum atomic E-state index is 12.7. The summed E-state index contributed by atoms with van der Waals surface area (Å²) in [5.41, 5.74) is 0.544. The second-order valence-electron chi connectivity index (χ2n) is 8.19. The number of methoxy groups -OCH3 is 3. The monoisotopic (exact) mass is 500 g/mol. The zero-order valence-electron chi connectivity index (χ0n) is 20.9. The Balaban J connectivity index is 1.72. The number of amides is 1. The van der Waals surface area contributed by atoms with Crippen molar-refractivity contribution in [3.8, 4) is 23.0 Å². The normalized spacial score (nSPS) is 11.7. The molecule has 0 aliphatic heterocycles. The number of ether oxygens (including phenoxy) is 4. The molecule has 0 aliphatic carbocycles. The van der Waals surface area contributed by atoms with Gasteiger partial charge in [0.25, 0.3) is 0 Å². The van der Waals surface area contributed by atoms with E-state index in [0.717, 1.165) is 0 Å². The topological polar surface area (TPSA) is 96.7 Å². The van der Waals surface area contributed by atoms with E-state index in [1.165, 1.54) is 11.8 Å². The van der Waals surface area contributed by atoms with E-state index >= 15 is 0 Å². The number of nitrogens with one attached hydrogen (secondary N) is 1. The van der Waals surface area contributed by atoms with Crippen molar-refractivity contribution in [2.75, 3.05) is 32.4 Å². The standard InChI is InChI=1S/C25H32N4O5S/c1-16(2)14-29-24(17(3)34-20-9-7-8-18(12-20)31-4)27-28-25(29)35-15-23(30)26-21-13-19(32-5)10-11-22(21)33-6/h7-13,16-17H,14-15H2,1-6H3,(H,26,30). The number of aromatic nitrogens is 3. The third-order valence-electron chi connectivity index (χ3n) is 5.02. The maximum absolute atomic E-state index is 12.7. The highest BCUT2D eigenvalue weighted by atomic mass is 32.2. The van der Waals surface area contributed by atoms with Gasteiger partial charge in [-0.3, -0.25) is 4.79 Å². The molecule has 3 aromatic rings. The lowest BCUT2D eigenvalue weighted by Crippen LogP contribution is -2.17. The summed E-state index contributed by atoms with van der Waals surface area (Å²) < 4.78 is 24.0. The van der Waals surface area contributed by atoms with Crippen LogP contribution < -0.4 is 24.3 Å². The number of hydrogen-bond acceptors (Lipinski definition) is 8. The number of anilines is 1. The van der Waals surface area contributed by atoms with E-state index in [4.69, 9.17) is 18.9 Å². The third kappa shape index (κ3) is 7.05. The number of nitrogens with zero attached hydrogens (tertiary/aromatic N) is 3. The molecule has 0 fully saturated rings. The molecule has 0 spiro atoms. The van der Waals surface area contributed by atoms with E-state index in [2.05, 4.69) is 29.4 Å². The summed E-state index contributed by atoms with van der Waals surface area (Å²) in [7, 11) is 4.74. The highest BCUT2D eigenvalue weighted by molar-refractivity contribution is 7.99. The Bertz CT molecular complexity index is 1130. The molecule has 3 rings (SSSR count). The van der Waals surface area contributed by atoms with E-state index in [1.54, 1.807) is 39.5 Å². The fraction of sp³-hybridized carbons (Fsp3) is 0.400. The molecule has 0 saturated heterocycles. The highest BCUT2D eigenvalue weighted by Gasteiger charge is 2.21. The lowest BCUT2D eigenvalue weighted by Gasteiger charge is -2.18. The van der Waals surface area contributed by atoms with Crippen molar-refractivity contribution in [2.24, 2.45) is 5.92 Å². The van der Waals surface area contributed by atoms with E-state index < -0.39 is 0 Å². The van der Waals surface area contributed by atoms with E-state index in [9.17, 15) is 4.79 Å². The summed E-state index contributed by atoms with van der Waals surface area (Å²) in [5, 5.41) is 12.3. The fourth-order valence-electron chi connectivity index (χ4n) is 3.40. The average Bonchev–Trinajstić information content (AvgIpc) is 3.24. The molecule has 0 bridgehead atoms. The number of rotatable bonds is 12. The Morgan fingerprint density at radius 1 is 0.971 bits per heavy atom. The Labute approximate surface area is 210 Å². The van der Waals surface area contributed by atoms with Gasteiger partial charge in [-0.1, -0.05) is 31.7 Å². The Kier molecular flexibility index (Phi) is 9.25. The van der Waals surface area contributed by atoms with Crippen LogP contribution in [0.3, 0.4) is 0 Å². The number of carbonyl (C=O) groups is 1. The van der Waals surface area contributed by atoms with Gasteiger partial charge in [-0.2, -0.15) is 0 Å². The quantitative estimate of drug-likeness (QED) is 0.353. The van der Waals surface area contributed by atoms with Crippen molar-refractivity contribution in [3.63, 3.8) is 0 Å². The lowest BCUT2D eigenvalue weighted by molar-refractivity contribution is -0.113. The van der Waals surface area contributed by atoms with Gasteiger partial charge in [-0.25, -0.2) is 0 Å². The van der Waals surface area contributed by atoms with Gasteiger partial charge in [0.1, 0.15) is 23.0 Å². The smallest absolute Gasteiger partial charge is 0.234 e. The minimum atomic E-state index is -0.349. The van der Waals surface area contributed by atoms with Gasteiger partial charge in [-0.05, 0) is 37.1 Å². The number of thioether (sulfide) groups is 1. The molecule has 1 amide bonds. The molecule has 0 saturated carbocycles. The van der Waals surface area contributed by atoms with Crippen molar-refractivity contribution < 1.29 is 23.7 Å². The van der Waals surface area contributed by atoms with Gasteiger partial charge in [0.15, 0.2) is 17.1 Å². The van der Waals surface area contributed by atoms with Crippen molar-refractivity contribution in [3.05, 3.63) is 48.3 Å². The summed E-state index contributed by atoms with van der Waals surface area (Å²) in [5.74, 6) is 3.58. The third-order valence-corrected chi connectivity index (χ3v) is 5.99. The van der Waals surface area contributed by atoms with Gasteiger partial charge in [0.2, 0.25) is 5.91 Å². The molecule has 35 heavy (non-hydrogen) atoms. The van der Waals surface area contributed by atoms with E-state index in [0.29, 0.717) is 52.1 Å². The molecule has 1 N–H and O–H groups in total. The van der Waals surface area contributed by atoms with Crippen LogP contribution >= 0.6 is 11.8 Å². The number of carbonyl (C=O) groups excluding carboxylic acids is 1. The summed E-state index contributed by atoms with van der Waals surface area (Å²) in [6, 6.07) is 12.7. The van der Waals surface area contributed by atoms with Gasteiger partial charge in [0.05, 0.1) is 32.8 Å². The van der Waals surface area contributed by atoms with Crippen molar-refractivity contribution in [2.45, 2.75) is 38.6 Å². The molecule has 1 atom stereocenters. The Morgan fingerprint density at radius 3 is 2.37 bits per heavy atom. The molecule has 1 heterocycles. The first-order valence-corrected chi connectivity index (χ1v) is 12.2. The highest BCUT2D eigenvalue weighted by Crippen LogP contribution is 2.30. The summed E-state index contributed by atoms with van der Waals surface area (Å²) in [4.78, 5) is 12.7. The van der Waals surface area contributed by atoms with Crippen LogP contribution in [0.4, 0.5) is 5.69 Å². The van der Waals surface area contributed by atoms with Crippen LogP contribution in [-0.2, 0) is 11.3 Å².